The molecule has 0 aliphatic heterocycles. The lowest BCUT2D eigenvalue weighted by Gasteiger charge is -2.02. The topological polar surface area (TPSA) is 66.4 Å². The first-order valence-corrected chi connectivity index (χ1v) is 3.24. The number of carboxylic acid groups (broad SMARTS) is 1. The van der Waals surface area contributed by atoms with Crippen LogP contribution in [-0.4, -0.2) is 29.2 Å². The number of carbonyl (C=O) groups excluding carboxylic acids is 1. The molecule has 0 radical (unpaired) electrons. The number of ketones is 1. The van der Waals surface area contributed by atoms with E-state index >= 15 is 0 Å². The van der Waals surface area contributed by atoms with Gasteiger partial charge in [0.15, 0.2) is 11.5 Å². The summed E-state index contributed by atoms with van der Waals surface area (Å²) in [6.45, 7) is -0.425. The molecule has 0 bridgehead atoms. The Balaban J connectivity index is 2.27. The molecule has 1 fully saturated rings. The predicted octanol–water partition coefficient (Wildman–Crippen LogP) is 0.325. The maximum atomic E-state index is 12.8. The van der Waals surface area contributed by atoms with Crippen molar-refractivity contribution in [2.75, 3.05) is 6.54 Å². The van der Waals surface area contributed by atoms with E-state index in [0.29, 0.717) is 0 Å². The van der Waals surface area contributed by atoms with Crippen LogP contribution in [0.1, 0.15) is 12.8 Å². The molecular formula is C6H8FNO3. The monoisotopic (exact) mass is 161 g/mol. The zero-order valence-electron chi connectivity index (χ0n) is 5.76. The van der Waals surface area contributed by atoms with Gasteiger partial charge in [-0.2, -0.15) is 0 Å². The molecule has 1 aliphatic carbocycles. The van der Waals surface area contributed by atoms with Crippen molar-refractivity contribution in [3.63, 3.8) is 0 Å². The molecule has 0 aromatic heterocycles. The van der Waals surface area contributed by atoms with Gasteiger partial charge in [0.2, 0.25) is 0 Å². The number of hydrogen-bond donors (Lipinski definition) is 2. The SMILES string of the molecule is O=C(O)NCC(=O)C1(F)CC1. The Morgan fingerprint density at radius 3 is 2.45 bits per heavy atom. The molecule has 0 aromatic carbocycles. The number of carbonyl (C=O) groups is 2. The van der Waals surface area contributed by atoms with Crippen molar-refractivity contribution in [1.29, 1.82) is 0 Å². The van der Waals surface area contributed by atoms with E-state index in [4.69, 9.17) is 5.11 Å². The van der Waals surface area contributed by atoms with Crippen LogP contribution in [-0.2, 0) is 4.79 Å². The van der Waals surface area contributed by atoms with E-state index < -0.39 is 24.1 Å². The first-order chi connectivity index (χ1) is 5.04. The van der Waals surface area contributed by atoms with Crippen molar-refractivity contribution in [3.8, 4) is 0 Å². The highest BCUT2D eigenvalue weighted by atomic mass is 19.1. The van der Waals surface area contributed by atoms with Crippen molar-refractivity contribution in [1.82, 2.24) is 5.32 Å². The lowest BCUT2D eigenvalue weighted by molar-refractivity contribution is -0.124. The zero-order valence-corrected chi connectivity index (χ0v) is 5.76. The Bertz CT molecular complexity index is 200. The normalized spacial score (nSPS) is 19.0. The molecule has 0 unspecified atom stereocenters. The van der Waals surface area contributed by atoms with Crippen LogP contribution in [0.2, 0.25) is 0 Å². The van der Waals surface area contributed by atoms with Gasteiger partial charge < -0.3 is 10.4 Å². The number of hydrogen-bond acceptors (Lipinski definition) is 2. The van der Waals surface area contributed by atoms with Crippen molar-refractivity contribution >= 4 is 11.9 Å². The Kier molecular flexibility index (Phi) is 1.80. The summed E-state index contributed by atoms with van der Waals surface area (Å²) in [6, 6.07) is 0. The highest BCUT2D eigenvalue weighted by Crippen LogP contribution is 2.40. The third-order valence-corrected chi connectivity index (χ3v) is 1.59. The third kappa shape index (κ3) is 1.89. The summed E-state index contributed by atoms with van der Waals surface area (Å²) in [5.74, 6) is -0.667. The standard InChI is InChI=1S/C6H8FNO3/c7-6(1-2-6)4(9)3-8-5(10)11/h8H,1-3H2,(H,10,11). The minimum Gasteiger partial charge on any atom is -0.465 e. The van der Waals surface area contributed by atoms with E-state index in [-0.39, 0.29) is 12.8 Å². The molecule has 5 heteroatoms. The molecule has 11 heavy (non-hydrogen) atoms. The largest absolute Gasteiger partial charge is 0.465 e. The highest BCUT2D eigenvalue weighted by Gasteiger charge is 2.49. The molecule has 1 rings (SSSR count). The molecule has 1 amide bonds. The Morgan fingerprint density at radius 2 is 2.09 bits per heavy atom. The van der Waals surface area contributed by atoms with Crippen LogP contribution in [0.25, 0.3) is 0 Å². The molecule has 1 saturated carbocycles. The fourth-order valence-electron chi connectivity index (χ4n) is 0.703. The molecule has 0 saturated heterocycles. The number of amides is 1. The molecule has 1 aliphatic rings. The lowest BCUT2D eigenvalue weighted by atomic mass is 10.2. The summed E-state index contributed by atoms with van der Waals surface area (Å²) in [6.07, 6.45) is -0.845. The van der Waals surface area contributed by atoms with Gasteiger partial charge in [-0.15, -0.1) is 0 Å². The maximum absolute atomic E-state index is 12.8. The van der Waals surface area contributed by atoms with E-state index in [2.05, 4.69) is 0 Å². The smallest absolute Gasteiger partial charge is 0.405 e. The molecule has 0 spiro atoms. The minimum atomic E-state index is -1.72. The van der Waals surface area contributed by atoms with E-state index in [9.17, 15) is 14.0 Å². The van der Waals surface area contributed by atoms with Crippen molar-refractivity contribution < 1.29 is 19.1 Å². The summed E-state index contributed by atoms with van der Waals surface area (Å²) < 4.78 is 12.8. The molecule has 0 atom stereocenters. The van der Waals surface area contributed by atoms with Crippen molar-refractivity contribution in [2.45, 2.75) is 18.5 Å². The van der Waals surface area contributed by atoms with Gasteiger partial charge in [0, 0.05) is 0 Å². The van der Waals surface area contributed by atoms with Crippen LogP contribution in [0, 0.1) is 0 Å². The van der Waals surface area contributed by atoms with Gasteiger partial charge in [-0.1, -0.05) is 0 Å². The van der Waals surface area contributed by atoms with Gasteiger partial charge >= 0.3 is 6.09 Å². The van der Waals surface area contributed by atoms with E-state index in [1.807, 2.05) is 5.32 Å². The number of halogens is 1. The number of Topliss-reactive ketones (excluding diaryl/α,β-unsaturated/α-hetero) is 1. The van der Waals surface area contributed by atoms with Gasteiger partial charge in [-0.05, 0) is 12.8 Å². The summed E-state index contributed by atoms with van der Waals surface area (Å²) >= 11 is 0. The van der Waals surface area contributed by atoms with Crippen LogP contribution in [0.3, 0.4) is 0 Å². The Hall–Kier alpha value is -1.13. The number of nitrogens with one attached hydrogen (secondary N) is 1. The highest BCUT2D eigenvalue weighted by molar-refractivity contribution is 5.93. The first-order valence-electron chi connectivity index (χ1n) is 3.24. The van der Waals surface area contributed by atoms with Gasteiger partial charge in [-0.25, -0.2) is 9.18 Å². The molecule has 4 nitrogen and oxygen atoms in total. The summed E-state index contributed by atoms with van der Waals surface area (Å²) in [4.78, 5) is 20.6. The van der Waals surface area contributed by atoms with Gasteiger partial charge in [0.1, 0.15) is 0 Å². The second-order valence-corrected chi connectivity index (χ2v) is 2.55. The number of alkyl halides is 1. The fraction of sp³-hybridized carbons (Fsp3) is 0.667. The predicted molar refractivity (Wildman–Crippen MR) is 34.1 cm³/mol. The second-order valence-electron chi connectivity index (χ2n) is 2.55. The van der Waals surface area contributed by atoms with E-state index in [0.717, 1.165) is 0 Å². The van der Waals surface area contributed by atoms with Crippen LogP contribution in [0.4, 0.5) is 9.18 Å². The average Bonchev–Trinajstić information content (AvgIpc) is 2.64. The van der Waals surface area contributed by atoms with Crippen LogP contribution in [0.15, 0.2) is 0 Å². The quantitative estimate of drug-likeness (QED) is 0.626. The summed E-state index contributed by atoms with van der Waals surface area (Å²) in [7, 11) is 0. The number of rotatable bonds is 3. The minimum absolute atomic E-state index is 0.229. The van der Waals surface area contributed by atoms with Crippen molar-refractivity contribution in [2.24, 2.45) is 0 Å². The van der Waals surface area contributed by atoms with E-state index in [1.165, 1.54) is 0 Å². The molecule has 2 N–H and O–H groups in total. The molecule has 0 heterocycles. The summed E-state index contributed by atoms with van der Waals surface area (Å²) in [5, 5.41) is 9.88. The third-order valence-electron chi connectivity index (χ3n) is 1.59. The van der Waals surface area contributed by atoms with Crippen molar-refractivity contribution in [3.05, 3.63) is 0 Å². The van der Waals surface area contributed by atoms with Crippen LogP contribution >= 0.6 is 0 Å². The van der Waals surface area contributed by atoms with Crippen LogP contribution in [0.5, 0.6) is 0 Å². The molecular weight excluding hydrogens is 153 g/mol. The first kappa shape index (κ1) is 7.97. The molecule has 0 aromatic rings. The van der Waals surface area contributed by atoms with Gasteiger partial charge in [-0.3, -0.25) is 4.79 Å². The average molecular weight is 161 g/mol. The van der Waals surface area contributed by atoms with Crippen LogP contribution < -0.4 is 5.32 Å². The fourth-order valence-corrected chi connectivity index (χ4v) is 0.703. The van der Waals surface area contributed by atoms with Gasteiger partial charge in [0.25, 0.3) is 0 Å². The maximum Gasteiger partial charge on any atom is 0.405 e. The molecule has 62 valence electrons. The second kappa shape index (κ2) is 2.48. The zero-order chi connectivity index (χ0) is 8.48. The van der Waals surface area contributed by atoms with Gasteiger partial charge in [0.05, 0.1) is 6.54 Å². The Morgan fingerprint density at radius 1 is 1.55 bits per heavy atom. The summed E-state index contributed by atoms with van der Waals surface area (Å²) in [5.41, 5.74) is -1.72. The van der Waals surface area contributed by atoms with E-state index in [1.54, 1.807) is 0 Å². The Labute approximate surface area is 62.4 Å². The lowest BCUT2D eigenvalue weighted by Crippen LogP contribution is -2.33.